The molecule has 1 atom stereocenters. The summed E-state index contributed by atoms with van der Waals surface area (Å²) in [6, 6.07) is 11.1. The Labute approximate surface area is 158 Å². The Bertz CT molecular complexity index is 703. The summed E-state index contributed by atoms with van der Waals surface area (Å²) in [5, 5.41) is 0. The van der Waals surface area contributed by atoms with E-state index in [0.29, 0.717) is 11.8 Å². The zero-order valence-electron chi connectivity index (χ0n) is 16.9. The lowest BCUT2D eigenvalue weighted by atomic mass is 9.73. The maximum atomic E-state index is 4.83. The van der Waals surface area contributed by atoms with Crippen LogP contribution in [0.2, 0.25) is 0 Å². The zero-order valence-corrected chi connectivity index (χ0v) is 17.7. The fraction of sp³-hybridized carbons (Fsp3) is 0.522. The Morgan fingerprint density at radius 3 is 2.40 bits per heavy atom. The maximum absolute atomic E-state index is 4.83. The van der Waals surface area contributed by atoms with E-state index in [2.05, 4.69) is 84.3 Å². The Morgan fingerprint density at radius 1 is 1.12 bits per heavy atom. The van der Waals surface area contributed by atoms with Crippen LogP contribution in [0.25, 0.3) is 11.3 Å². The third-order valence-corrected chi connectivity index (χ3v) is 6.58. The van der Waals surface area contributed by atoms with Gasteiger partial charge in [-0.15, -0.1) is 11.8 Å². The molecule has 0 saturated heterocycles. The van der Waals surface area contributed by atoms with E-state index in [1.807, 2.05) is 0 Å². The first-order valence-corrected chi connectivity index (χ1v) is 10.7. The van der Waals surface area contributed by atoms with Crippen LogP contribution < -0.4 is 0 Å². The van der Waals surface area contributed by atoms with Gasteiger partial charge >= 0.3 is 0 Å². The topological polar surface area (TPSA) is 12.9 Å². The number of rotatable bonds is 7. The highest BCUT2D eigenvalue weighted by atomic mass is 32.2. The first kappa shape index (κ1) is 20.0. The van der Waals surface area contributed by atoms with Crippen LogP contribution in [0.3, 0.4) is 0 Å². The average Bonchev–Trinajstić information content (AvgIpc) is 2.61. The molecule has 0 radical (unpaired) electrons. The van der Waals surface area contributed by atoms with Crippen LogP contribution in [0.4, 0.5) is 0 Å². The summed E-state index contributed by atoms with van der Waals surface area (Å²) < 4.78 is 0. The number of hydrogen-bond donors (Lipinski definition) is 0. The molecule has 0 aliphatic rings. The van der Waals surface area contributed by atoms with Gasteiger partial charge in [-0.2, -0.15) is 0 Å². The predicted octanol–water partition coefficient (Wildman–Crippen LogP) is 6.99. The minimum atomic E-state index is 0.118. The number of aromatic nitrogens is 1. The average molecular weight is 356 g/mol. The number of pyridine rings is 1. The fourth-order valence-electron chi connectivity index (χ4n) is 3.07. The second kappa shape index (κ2) is 8.40. The van der Waals surface area contributed by atoms with E-state index in [0.717, 1.165) is 12.1 Å². The number of nitrogens with zero attached hydrogens (tertiary/aromatic N) is 1. The predicted molar refractivity (Wildman–Crippen MR) is 112 cm³/mol. The van der Waals surface area contributed by atoms with E-state index < -0.39 is 0 Å². The Morgan fingerprint density at radius 2 is 1.80 bits per heavy atom. The highest BCUT2D eigenvalue weighted by molar-refractivity contribution is 7.98. The van der Waals surface area contributed by atoms with Crippen LogP contribution in [0.15, 0.2) is 41.4 Å². The molecule has 25 heavy (non-hydrogen) atoms. The SMILES string of the molecule is CCC(C)Cc1cc(-c2ccccc2C(C)(C)C(C)C)ncc1SC. The number of benzene rings is 1. The lowest BCUT2D eigenvalue weighted by molar-refractivity contribution is 0.373. The third-order valence-electron chi connectivity index (χ3n) is 5.77. The van der Waals surface area contributed by atoms with Crippen LogP contribution in [-0.4, -0.2) is 11.2 Å². The second-order valence-electron chi connectivity index (χ2n) is 8.02. The molecule has 2 heteroatoms. The van der Waals surface area contributed by atoms with Gasteiger partial charge in [0.1, 0.15) is 0 Å². The molecule has 1 aromatic heterocycles. The molecule has 1 aromatic carbocycles. The van der Waals surface area contributed by atoms with Crippen LogP contribution in [0.5, 0.6) is 0 Å². The molecule has 0 aliphatic carbocycles. The summed E-state index contributed by atoms with van der Waals surface area (Å²) in [7, 11) is 0. The molecule has 1 nitrogen and oxygen atoms in total. The van der Waals surface area contributed by atoms with Crippen LogP contribution in [0.1, 0.15) is 59.1 Å². The van der Waals surface area contributed by atoms with Gasteiger partial charge < -0.3 is 0 Å². The van der Waals surface area contributed by atoms with Crippen molar-refractivity contribution in [3.8, 4) is 11.3 Å². The van der Waals surface area contributed by atoms with Crippen molar-refractivity contribution in [1.82, 2.24) is 4.98 Å². The molecule has 0 N–H and O–H groups in total. The van der Waals surface area contributed by atoms with Gasteiger partial charge in [-0.25, -0.2) is 0 Å². The molecule has 0 bridgehead atoms. The highest BCUT2D eigenvalue weighted by Gasteiger charge is 2.27. The molecule has 0 amide bonds. The highest BCUT2D eigenvalue weighted by Crippen LogP contribution is 2.38. The van der Waals surface area contributed by atoms with Crippen LogP contribution >= 0.6 is 11.8 Å². The summed E-state index contributed by atoms with van der Waals surface area (Å²) in [5.41, 5.74) is 5.33. The van der Waals surface area contributed by atoms with Gasteiger partial charge in [0.15, 0.2) is 0 Å². The molecule has 2 aromatic rings. The van der Waals surface area contributed by atoms with Gasteiger partial charge in [0.2, 0.25) is 0 Å². The first-order valence-electron chi connectivity index (χ1n) is 9.44. The normalized spacial score (nSPS) is 13.3. The summed E-state index contributed by atoms with van der Waals surface area (Å²) in [6.07, 6.45) is 6.55. The quantitative estimate of drug-likeness (QED) is 0.496. The molecule has 0 spiro atoms. The van der Waals surface area contributed by atoms with Crippen molar-refractivity contribution < 1.29 is 0 Å². The van der Waals surface area contributed by atoms with Gasteiger partial charge in [0, 0.05) is 16.7 Å². The van der Waals surface area contributed by atoms with Gasteiger partial charge in [-0.3, -0.25) is 4.98 Å². The van der Waals surface area contributed by atoms with Crippen molar-refractivity contribution in [1.29, 1.82) is 0 Å². The van der Waals surface area contributed by atoms with E-state index in [9.17, 15) is 0 Å². The van der Waals surface area contributed by atoms with Gasteiger partial charge in [0.25, 0.3) is 0 Å². The second-order valence-corrected chi connectivity index (χ2v) is 8.87. The largest absolute Gasteiger partial charge is 0.255 e. The van der Waals surface area contributed by atoms with E-state index in [1.54, 1.807) is 11.8 Å². The minimum Gasteiger partial charge on any atom is -0.255 e. The van der Waals surface area contributed by atoms with Gasteiger partial charge in [-0.05, 0) is 47.1 Å². The monoisotopic (exact) mass is 355 g/mol. The molecule has 0 aliphatic heterocycles. The molecule has 0 fully saturated rings. The van der Waals surface area contributed by atoms with E-state index in [1.165, 1.54) is 28.0 Å². The summed E-state index contributed by atoms with van der Waals surface area (Å²) in [6.45, 7) is 13.9. The molecular formula is C23H33NS. The summed E-state index contributed by atoms with van der Waals surface area (Å²) in [4.78, 5) is 6.14. The van der Waals surface area contributed by atoms with Crippen molar-refractivity contribution in [2.24, 2.45) is 11.8 Å². The minimum absolute atomic E-state index is 0.118. The number of thioether (sulfide) groups is 1. The van der Waals surface area contributed by atoms with E-state index in [4.69, 9.17) is 4.98 Å². The fourth-order valence-corrected chi connectivity index (χ4v) is 3.64. The molecule has 0 saturated carbocycles. The smallest absolute Gasteiger partial charge is 0.0708 e. The van der Waals surface area contributed by atoms with Crippen molar-refractivity contribution >= 4 is 11.8 Å². The van der Waals surface area contributed by atoms with Crippen LogP contribution in [0, 0.1) is 11.8 Å². The molecule has 1 heterocycles. The summed E-state index contributed by atoms with van der Waals surface area (Å²) in [5.74, 6) is 1.27. The zero-order chi connectivity index (χ0) is 18.6. The molecule has 2 rings (SSSR count). The molecule has 136 valence electrons. The Hall–Kier alpha value is -1.28. The summed E-state index contributed by atoms with van der Waals surface area (Å²) >= 11 is 1.80. The molecular weight excluding hydrogens is 322 g/mol. The Balaban J connectivity index is 2.55. The lowest BCUT2D eigenvalue weighted by Gasteiger charge is -2.32. The van der Waals surface area contributed by atoms with Crippen LogP contribution in [-0.2, 0) is 11.8 Å². The standard InChI is InChI=1S/C23H33NS/c1-8-17(4)13-18-14-21(24-15-22(18)25-7)19-11-9-10-12-20(19)23(5,6)16(2)3/h9-12,14-17H,8,13H2,1-7H3. The lowest BCUT2D eigenvalue weighted by Crippen LogP contribution is -2.25. The first-order chi connectivity index (χ1) is 11.8. The molecule has 1 unspecified atom stereocenters. The number of hydrogen-bond acceptors (Lipinski definition) is 2. The van der Waals surface area contributed by atoms with Gasteiger partial charge in [-0.1, -0.05) is 72.2 Å². The van der Waals surface area contributed by atoms with Crippen molar-refractivity contribution in [2.45, 2.75) is 64.7 Å². The van der Waals surface area contributed by atoms with E-state index >= 15 is 0 Å². The van der Waals surface area contributed by atoms with Crippen molar-refractivity contribution in [3.63, 3.8) is 0 Å². The maximum Gasteiger partial charge on any atom is 0.0708 e. The third kappa shape index (κ3) is 4.47. The van der Waals surface area contributed by atoms with Crippen molar-refractivity contribution in [3.05, 3.63) is 47.7 Å². The Kier molecular flexibility index (Phi) is 6.73. The van der Waals surface area contributed by atoms with Crippen molar-refractivity contribution in [2.75, 3.05) is 6.26 Å². The van der Waals surface area contributed by atoms with E-state index in [-0.39, 0.29) is 5.41 Å². The van der Waals surface area contributed by atoms with Gasteiger partial charge in [0.05, 0.1) is 5.69 Å².